The third kappa shape index (κ3) is 8.83. The number of halogens is 4. The summed E-state index contributed by atoms with van der Waals surface area (Å²) >= 11 is 0. The molecule has 1 aromatic carbocycles. The van der Waals surface area contributed by atoms with Gasteiger partial charge in [-0.25, -0.2) is 9.18 Å². The summed E-state index contributed by atoms with van der Waals surface area (Å²) in [5.74, 6) is -3.49. The number of hydrogen-bond donors (Lipinski definition) is 1. The van der Waals surface area contributed by atoms with Crippen LogP contribution in [0.2, 0.25) is 0 Å². The van der Waals surface area contributed by atoms with Crippen LogP contribution in [0.25, 0.3) is 0 Å². The second-order valence-corrected chi connectivity index (χ2v) is 7.00. The number of nitrogens with one attached hydrogen (secondary N) is 1. The van der Waals surface area contributed by atoms with E-state index in [-0.39, 0.29) is 6.61 Å². The first-order valence-electron chi connectivity index (χ1n) is 10.0. The molecule has 1 amide bonds. The predicted molar refractivity (Wildman–Crippen MR) is 102 cm³/mol. The predicted octanol–water partition coefficient (Wildman–Crippen LogP) is 5.65. The van der Waals surface area contributed by atoms with Crippen molar-refractivity contribution in [3.05, 3.63) is 35.1 Å². The van der Waals surface area contributed by atoms with Crippen LogP contribution in [0.15, 0.2) is 18.2 Å². The quantitative estimate of drug-likeness (QED) is 0.271. The Morgan fingerprint density at radius 2 is 1.62 bits per heavy atom. The first-order chi connectivity index (χ1) is 13.7. The standard InChI is InChI=1S/C21H29F4NO3/c1-3-4-5-6-7-8-9-10-14-29-20(28)15(2)26-19(27)16-12-11-13-17(18(16)22)21(23,24)25/h11-13,15H,3-10,14H2,1-2H3,(H,26,27). The molecule has 8 heteroatoms. The van der Waals surface area contributed by atoms with E-state index in [4.69, 9.17) is 4.74 Å². The van der Waals surface area contributed by atoms with Gasteiger partial charge in [0.25, 0.3) is 5.91 Å². The van der Waals surface area contributed by atoms with Gasteiger partial charge >= 0.3 is 12.1 Å². The van der Waals surface area contributed by atoms with Crippen molar-refractivity contribution in [2.24, 2.45) is 0 Å². The molecule has 0 saturated heterocycles. The van der Waals surface area contributed by atoms with Crippen LogP contribution in [0.1, 0.15) is 81.1 Å². The van der Waals surface area contributed by atoms with Crippen molar-refractivity contribution in [1.82, 2.24) is 5.32 Å². The maximum absolute atomic E-state index is 14.0. The molecule has 0 aromatic heterocycles. The van der Waals surface area contributed by atoms with E-state index in [1.54, 1.807) is 0 Å². The highest BCUT2D eigenvalue weighted by Crippen LogP contribution is 2.32. The summed E-state index contributed by atoms with van der Waals surface area (Å²) in [7, 11) is 0. The first kappa shape index (κ1) is 24.9. The molecule has 1 N–H and O–H groups in total. The maximum atomic E-state index is 14.0. The van der Waals surface area contributed by atoms with Crippen LogP contribution in [0.3, 0.4) is 0 Å². The zero-order valence-electron chi connectivity index (χ0n) is 16.9. The number of esters is 1. The van der Waals surface area contributed by atoms with Crippen molar-refractivity contribution in [1.29, 1.82) is 0 Å². The second-order valence-electron chi connectivity index (χ2n) is 7.00. The highest BCUT2D eigenvalue weighted by Gasteiger charge is 2.36. The molecular weight excluding hydrogens is 390 g/mol. The van der Waals surface area contributed by atoms with Crippen LogP contribution in [-0.2, 0) is 15.7 Å². The van der Waals surface area contributed by atoms with E-state index >= 15 is 0 Å². The summed E-state index contributed by atoms with van der Waals surface area (Å²) in [6.45, 7) is 3.69. The van der Waals surface area contributed by atoms with Gasteiger partial charge in [0.1, 0.15) is 11.9 Å². The number of ether oxygens (including phenoxy) is 1. The highest BCUT2D eigenvalue weighted by molar-refractivity contribution is 5.97. The lowest BCUT2D eigenvalue weighted by Gasteiger charge is -2.15. The summed E-state index contributed by atoms with van der Waals surface area (Å²) in [4.78, 5) is 24.0. The van der Waals surface area contributed by atoms with E-state index in [0.29, 0.717) is 12.5 Å². The number of hydrogen-bond acceptors (Lipinski definition) is 3. The maximum Gasteiger partial charge on any atom is 0.419 e. The van der Waals surface area contributed by atoms with Crippen molar-refractivity contribution in [2.45, 2.75) is 77.4 Å². The average Bonchev–Trinajstić information content (AvgIpc) is 2.65. The molecule has 0 bridgehead atoms. The summed E-state index contributed by atoms with van der Waals surface area (Å²) < 4.78 is 57.3. The minimum absolute atomic E-state index is 0.200. The summed E-state index contributed by atoms with van der Waals surface area (Å²) in [6.07, 6.45) is 3.78. The monoisotopic (exact) mass is 419 g/mol. The Balaban J connectivity index is 2.39. The zero-order chi connectivity index (χ0) is 21.9. The number of carbonyl (C=O) groups excluding carboxylic acids is 2. The average molecular weight is 419 g/mol. The smallest absolute Gasteiger partial charge is 0.419 e. The molecule has 1 unspecified atom stereocenters. The molecule has 0 aliphatic carbocycles. The van der Waals surface area contributed by atoms with E-state index < -0.39 is 41.0 Å². The van der Waals surface area contributed by atoms with Crippen molar-refractivity contribution < 1.29 is 31.9 Å². The fourth-order valence-corrected chi connectivity index (χ4v) is 2.79. The molecule has 29 heavy (non-hydrogen) atoms. The van der Waals surface area contributed by atoms with E-state index in [1.165, 1.54) is 32.6 Å². The topological polar surface area (TPSA) is 55.4 Å². The van der Waals surface area contributed by atoms with Crippen molar-refractivity contribution in [2.75, 3.05) is 6.61 Å². The Morgan fingerprint density at radius 3 is 2.21 bits per heavy atom. The van der Waals surface area contributed by atoms with Crippen LogP contribution in [0.5, 0.6) is 0 Å². The molecule has 0 spiro atoms. The number of rotatable bonds is 12. The summed E-state index contributed by atoms with van der Waals surface area (Å²) in [5.41, 5.74) is -2.31. The highest BCUT2D eigenvalue weighted by atomic mass is 19.4. The van der Waals surface area contributed by atoms with Crippen LogP contribution in [-0.4, -0.2) is 24.5 Å². The van der Waals surface area contributed by atoms with Gasteiger partial charge in [-0.1, -0.05) is 57.9 Å². The molecule has 0 radical (unpaired) electrons. The minimum Gasteiger partial charge on any atom is -0.464 e. The molecule has 1 aromatic rings. The van der Waals surface area contributed by atoms with Gasteiger partial charge in [-0.3, -0.25) is 4.79 Å². The normalized spacial score (nSPS) is 12.5. The van der Waals surface area contributed by atoms with E-state index in [1.807, 2.05) is 0 Å². The Hall–Kier alpha value is -2.12. The molecule has 0 fully saturated rings. The second kappa shape index (κ2) is 12.4. The van der Waals surface area contributed by atoms with Gasteiger partial charge in [-0.2, -0.15) is 13.2 Å². The molecule has 4 nitrogen and oxygen atoms in total. The number of carbonyl (C=O) groups is 2. The molecular formula is C21H29F4NO3. The van der Waals surface area contributed by atoms with Crippen LogP contribution < -0.4 is 5.32 Å². The molecule has 1 atom stereocenters. The van der Waals surface area contributed by atoms with Gasteiger partial charge in [0.05, 0.1) is 17.7 Å². The van der Waals surface area contributed by atoms with Gasteiger partial charge in [0.15, 0.2) is 0 Å². The van der Waals surface area contributed by atoms with Crippen LogP contribution in [0, 0.1) is 5.82 Å². The summed E-state index contributed by atoms with van der Waals surface area (Å²) in [5, 5.41) is 2.18. The number of alkyl halides is 3. The van der Waals surface area contributed by atoms with E-state index in [9.17, 15) is 27.2 Å². The number of benzene rings is 1. The van der Waals surface area contributed by atoms with Crippen LogP contribution >= 0.6 is 0 Å². The number of unbranched alkanes of at least 4 members (excludes halogenated alkanes) is 7. The van der Waals surface area contributed by atoms with E-state index in [0.717, 1.165) is 31.4 Å². The third-order valence-electron chi connectivity index (χ3n) is 4.49. The molecule has 0 aliphatic rings. The van der Waals surface area contributed by atoms with Crippen molar-refractivity contribution in [3.8, 4) is 0 Å². The largest absolute Gasteiger partial charge is 0.464 e. The minimum atomic E-state index is -4.92. The molecule has 0 saturated carbocycles. The van der Waals surface area contributed by atoms with Crippen molar-refractivity contribution in [3.63, 3.8) is 0 Å². The zero-order valence-corrected chi connectivity index (χ0v) is 16.9. The fraction of sp³-hybridized carbons (Fsp3) is 0.619. The Morgan fingerprint density at radius 1 is 1.03 bits per heavy atom. The first-order valence-corrected chi connectivity index (χ1v) is 10.0. The Labute approximate surface area is 169 Å². The van der Waals surface area contributed by atoms with Gasteiger partial charge in [-0.15, -0.1) is 0 Å². The Bertz CT molecular complexity index is 662. The molecule has 0 aliphatic heterocycles. The Kier molecular flexibility index (Phi) is 10.7. The third-order valence-corrected chi connectivity index (χ3v) is 4.49. The number of amides is 1. The van der Waals surface area contributed by atoms with Gasteiger partial charge in [-0.05, 0) is 25.5 Å². The van der Waals surface area contributed by atoms with E-state index in [2.05, 4.69) is 12.2 Å². The lowest BCUT2D eigenvalue weighted by molar-refractivity contribution is -0.145. The van der Waals surface area contributed by atoms with Gasteiger partial charge in [0, 0.05) is 0 Å². The summed E-state index contributed by atoms with van der Waals surface area (Å²) in [6, 6.07) is 1.31. The van der Waals surface area contributed by atoms with Crippen LogP contribution in [0.4, 0.5) is 17.6 Å². The fourth-order valence-electron chi connectivity index (χ4n) is 2.79. The lowest BCUT2D eigenvalue weighted by Crippen LogP contribution is -2.40. The SMILES string of the molecule is CCCCCCCCCCOC(=O)C(C)NC(=O)c1cccc(C(F)(F)F)c1F. The molecule has 1 rings (SSSR count). The molecule has 0 heterocycles. The lowest BCUT2D eigenvalue weighted by atomic mass is 10.1. The van der Waals surface area contributed by atoms with Gasteiger partial charge in [0.2, 0.25) is 0 Å². The van der Waals surface area contributed by atoms with Crippen molar-refractivity contribution >= 4 is 11.9 Å². The molecule has 164 valence electrons. The van der Waals surface area contributed by atoms with Gasteiger partial charge < -0.3 is 10.1 Å².